The van der Waals surface area contributed by atoms with Gasteiger partial charge in [-0.1, -0.05) is 18.2 Å². The van der Waals surface area contributed by atoms with Gasteiger partial charge in [-0.05, 0) is 13.5 Å². The van der Waals surface area contributed by atoms with Gasteiger partial charge in [0.05, 0.1) is 0 Å². The van der Waals surface area contributed by atoms with E-state index >= 15 is 0 Å². The predicted octanol–water partition coefficient (Wildman–Crippen LogP) is 0.647. The largest absolute Gasteiger partial charge is 0.336 e. The zero-order chi connectivity index (χ0) is 9.97. The molecule has 0 atom stereocenters. The first-order chi connectivity index (χ1) is 6.77. The molecule has 0 aromatic carbocycles. The highest BCUT2D eigenvalue weighted by Crippen LogP contribution is 2.14. The van der Waals surface area contributed by atoms with Crippen LogP contribution in [0.15, 0.2) is 23.8 Å². The number of hydrogen-bond donors (Lipinski definition) is 0. The van der Waals surface area contributed by atoms with Crippen molar-refractivity contribution >= 4 is 5.91 Å². The quantitative estimate of drug-likeness (QED) is 0.609. The molecule has 0 unspecified atom stereocenters. The van der Waals surface area contributed by atoms with Gasteiger partial charge in [0, 0.05) is 31.8 Å². The van der Waals surface area contributed by atoms with E-state index in [1.807, 2.05) is 23.1 Å². The van der Waals surface area contributed by atoms with Gasteiger partial charge in [-0.15, -0.1) is 0 Å². The lowest BCUT2D eigenvalue weighted by Crippen LogP contribution is -2.47. The van der Waals surface area contributed by atoms with E-state index < -0.39 is 0 Å². The maximum atomic E-state index is 11.9. The van der Waals surface area contributed by atoms with Crippen molar-refractivity contribution in [2.45, 2.75) is 6.42 Å². The molecule has 1 amide bonds. The van der Waals surface area contributed by atoms with E-state index in [0.29, 0.717) is 0 Å². The number of nitrogens with zero attached hydrogens (tertiary/aromatic N) is 2. The number of allylic oxidation sites excluding steroid dienone is 3. The number of piperazine rings is 1. The standard InChI is InChI=1S/C11H16N2O/c1-12-6-8-13(9-7-12)11(14)10-4-2-3-5-10/h2-4H,5-9H2,1H3. The summed E-state index contributed by atoms with van der Waals surface area (Å²) in [5.41, 5.74) is 0.939. The van der Waals surface area contributed by atoms with E-state index in [-0.39, 0.29) is 5.91 Å². The van der Waals surface area contributed by atoms with Crippen molar-refractivity contribution in [3.63, 3.8) is 0 Å². The Kier molecular flexibility index (Phi) is 2.68. The summed E-state index contributed by atoms with van der Waals surface area (Å²) in [4.78, 5) is 16.1. The van der Waals surface area contributed by atoms with Crippen LogP contribution in [0, 0.1) is 0 Å². The average Bonchev–Trinajstić information content (AvgIpc) is 2.71. The number of carbonyl (C=O) groups is 1. The van der Waals surface area contributed by atoms with Gasteiger partial charge in [-0.3, -0.25) is 4.79 Å². The summed E-state index contributed by atoms with van der Waals surface area (Å²) >= 11 is 0. The molecule has 0 bridgehead atoms. The molecule has 2 aliphatic rings. The minimum Gasteiger partial charge on any atom is -0.336 e. The third kappa shape index (κ3) is 1.87. The van der Waals surface area contributed by atoms with Crippen LogP contribution in [0.3, 0.4) is 0 Å². The Morgan fingerprint density at radius 2 is 2.00 bits per heavy atom. The number of hydrogen-bond acceptors (Lipinski definition) is 2. The molecular weight excluding hydrogens is 176 g/mol. The summed E-state index contributed by atoms with van der Waals surface area (Å²) in [6.45, 7) is 3.72. The lowest BCUT2D eigenvalue weighted by Gasteiger charge is -2.32. The molecule has 14 heavy (non-hydrogen) atoms. The van der Waals surface area contributed by atoms with Crippen LogP contribution >= 0.6 is 0 Å². The fourth-order valence-electron chi connectivity index (χ4n) is 1.82. The summed E-state index contributed by atoms with van der Waals surface area (Å²) in [5.74, 6) is 0.225. The highest BCUT2D eigenvalue weighted by molar-refractivity contribution is 5.94. The summed E-state index contributed by atoms with van der Waals surface area (Å²) in [7, 11) is 2.10. The smallest absolute Gasteiger partial charge is 0.250 e. The van der Waals surface area contributed by atoms with Gasteiger partial charge in [-0.25, -0.2) is 0 Å². The van der Waals surface area contributed by atoms with Crippen molar-refractivity contribution in [2.75, 3.05) is 33.2 Å². The van der Waals surface area contributed by atoms with Crippen molar-refractivity contribution in [1.82, 2.24) is 9.80 Å². The second-order valence-electron chi connectivity index (χ2n) is 3.92. The molecule has 1 aliphatic carbocycles. The van der Waals surface area contributed by atoms with Crippen LogP contribution in [0.25, 0.3) is 0 Å². The van der Waals surface area contributed by atoms with E-state index in [1.165, 1.54) is 0 Å². The van der Waals surface area contributed by atoms with Crippen LogP contribution in [-0.4, -0.2) is 48.9 Å². The molecule has 76 valence electrons. The Morgan fingerprint density at radius 3 is 2.57 bits per heavy atom. The molecular formula is C11H16N2O. The Morgan fingerprint density at radius 1 is 1.29 bits per heavy atom. The Labute approximate surface area is 84.7 Å². The third-order valence-electron chi connectivity index (χ3n) is 2.84. The average molecular weight is 192 g/mol. The number of carbonyl (C=O) groups excluding carboxylic acids is 1. The predicted molar refractivity (Wildman–Crippen MR) is 55.9 cm³/mol. The van der Waals surface area contributed by atoms with Crippen LogP contribution in [0.4, 0.5) is 0 Å². The highest BCUT2D eigenvalue weighted by atomic mass is 16.2. The molecule has 0 N–H and O–H groups in total. The minimum atomic E-state index is 0.225. The van der Waals surface area contributed by atoms with Crippen molar-refractivity contribution in [1.29, 1.82) is 0 Å². The molecule has 0 aromatic rings. The summed E-state index contributed by atoms with van der Waals surface area (Å²) < 4.78 is 0. The Hall–Kier alpha value is -1.09. The van der Waals surface area contributed by atoms with Crippen LogP contribution in [-0.2, 0) is 4.79 Å². The number of likely N-dealkylation sites (N-methyl/N-ethyl adjacent to an activating group) is 1. The fourth-order valence-corrected chi connectivity index (χ4v) is 1.82. The Balaban J connectivity index is 1.92. The van der Waals surface area contributed by atoms with Gasteiger partial charge < -0.3 is 9.80 Å². The first-order valence-electron chi connectivity index (χ1n) is 5.11. The maximum absolute atomic E-state index is 11.9. The van der Waals surface area contributed by atoms with Crippen molar-refractivity contribution in [3.05, 3.63) is 23.8 Å². The van der Waals surface area contributed by atoms with Gasteiger partial charge in [0.25, 0.3) is 0 Å². The van der Waals surface area contributed by atoms with Crippen LogP contribution < -0.4 is 0 Å². The SMILES string of the molecule is CN1CCN(C(=O)C2=CC=CC2)CC1. The van der Waals surface area contributed by atoms with E-state index in [0.717, 1.165) is 38.2 Å². The third-order valence-corrected chi connectivity index (χ3v) is 2.84. The zero-order valence-electron chi connectivity index (χ0n) is 8.57. The second kappa shape index (κ2) is 3.96. The van der Waals surface area contributed by atoms with E-state index in [4.69, 9.17) is 0 Å². The van der Waals surface area contributed by atoms with E-state index in [1.54, 1.807) is 0 Å². The van der Waals surface area contributed by atoms with Gasteiger partial charge >= 0.3 is 0 Å². The molecule has 1 heterocycles. The maximum Gasteiger partial charge on any atom is 0.250 e. The van der Waals surface area contributed by atoms with Gasteiger partial charge in [0.2, 0.25) is 5.91 Å². The van der Waals surface area contributed by atoms with Gasteiger partial charge in [0.1, 0.15) is 0 Å². The zero-order valence-corrected chi connectivity index (χ0v) is 8.57. The van der Waals surface area contributed by atoms with Gasteiger partial charge in [0.15, 0.2) is 0 Å². The molecule has 2 rings (SSSR count). The first-order valence-corrected chi connectivity index (χ1v) is 5.11. The molecule has 0 radical (unpaired) electrons. The topological polar surface area (TPSA) is 23.6 Å². The summed E-state index contributed by atoms with van der Waals surface area (Å²) in [5, 5.41) is 0. The van der Waals surface area contributed by atoms with Crippen molar-refractivity contribution in [2.24, 2.45) is 0 Å². The fraction of sp³-hybridized carbons (Fsp3) is 0.545. The van der Waals surface area contributed by atoms with Crippen LogP contribution in [0.1, 0.15) is 6.42 Å². The summed E-state index contributed by atoms with van der Waals surface area (Å²) in [6.07, 6.45) is 6.73. The molecule has 0 aromatic heterocycles. The van der Waals surface area contributed by atoms with Crippen LogP contribution in [0.2, 0.25) is 0 Å². The summed E-state index contributed by atoms with van der Waals surface area (Å²) in [6, 6.07) is 0. The molecule has 3 nitrogen and oxygen atoms in total. The Bertz CT molecular complexity index is 286. The van der Waals surface area contributed by atoms with Gasteiger partial charge in [-0.2, -0.15) is 0 Å². The highest BCUT2D eigenvalue weighted by Gasteiger charge is 2.21. The molecule has 1 saturated heterocycles. The lowest BCUT2D eigenvalue weighted by molar-refractivity contribution is -0.128. The minimum absolute atomic E-state index is 0.225. The normalized spacial score (nSPS) is 22.6. The van der Waals surface area contributed by atoms with Crippen LogP contribution in [0.5, 0.6) is 0 Å². The molecule has 0 saturated carbocycles. The van der Waals surface area contributed by atoms with Crippen molar-refractivity contribution < 1.29 is 4.79 Å². The molecule has 0 spiro atoms. The monoisotopic (exact) mass is 192 g/mol. The molecule has 1 aliphatic heterocycles. The lowest BCUT2D eigenvalue weighted by atomic mass is 10.2. The number of rotatable bonds is 1. The first kappa shape index (κ1) is 9.46. The van der Waals surface area contributed by atoms with E-state index in [9.17, 15) is 4.79 Å². The molecule has 1 fully saturated rings. The van der Waals surface area contributed by atoms with E-state index in [2.05, 4.69) is 11.9 Å². The van der Waals surface area contributed by atoms with Crippen molar-refractivity contribution in [3.8, 4) is 0 Å². The second-order valence-corrected chi connectivity index (χ2v) is 3.92. The number of amides is 1. The molecule has 3 heteroatoms.